The van der Waals surface area contributed by atoms with Gasteiger partial charge in [-0.15, -0.1) is 23.5 Å². The van der Waals surface area contributed by atoms with Gasteiger partial charge in [0.2, 0.25) is 0 Å². The molecule has 0 heterocycles. The van der Waals surface area contributed by atoms with E-state index in [2.05, 4.69) is 20.8 Å². The van der Waals surface area contributed by atoms with Crippen molar-refractivity contribution < 1.29 is 29.0 Å². The first-order valence-corrected chi connectivity index (χ1v) is 17.7. The van der Waals surface area contributed by atoms with Crippen LogP contribution in [0.25, 0.3) is 6.08 Å². The van der Waals surface area contributed by atoms with Crippen molar-refractivity contribution in [1.82, 2.24) is 0 Å². The van der Waals surface area contributed by atoms with Gasteiger partial charge in [-0.05, 0) is 81.6 Å². The minimum Gasteiger partial charge on any atom is -0.481 e. The van der Waals surface area contributed by atoms with E-state index in [0.717, 1.165) is 27.7 Å². The number of hydrogen-bond acceptors (Lipinski definition) is 8. The van der Waals surface area contributed by atoms with E-state index < -0.39 is 22.8 Å². The molecule has 0 aliphatic carbocycles. The number of carbonyl (C=O) groups excluding carboxylic acids is 2. The molecule has 1 atom stereocenters. The number of rotatable bonds is 19. The van der Waals surface area contributed by atoms with Gasteiger partial charge in [-0.1, -0.05) is 84.1 Å². The molecule has 0 saturated heterocycles. The SMILES string of the molecule is CCSC(=S)SC(CC)(CC)C(C)C(=O)OCCCCOC(=O)/C(=C/c1ccccc1)CC(CC)(CC)C(C)(C)C(=O)O. The highest BCUT2D eigenvalue weighted by atomic mass is 32.2. The molecule has 242 valence electrons. The molecule has 9 heteroatoms. The van der Waals surface area contributed by atoms with Crippen LogP contribution in [0.4, 0.5) is 0 Å². The first-order chi connectivity index (χ1) is 20.3. The molecule has 0 aliphatic heterocycles. The molecule has 6 nitrogen and oxygen atoms in total. The number of esters is 2. The maximum atomic E-state index is 13.4. The molecule has 0 radical (unpaired) electrons. The molecule has 43 heavy (non-hydrogen) atoms. The van der Waals surface area contributed by atoms with Crippen LogP contribution >= 0.6 is 35.7 Å². The Morgan fingerprint density at radius 2 is 1.49 bits per heavy atom. The number of benzene rings is 1. The predicted octanol–water partition coefficient (Wildman–Crippen LogP) is 9.21. The number of thiocarbonyl (C=S) groups is 1. The zero-order valence-corrected chi connectivity index (χ0v) is 29.8. The number of thioether (sulfide) groups is 2. The van der Waals surface area contributed by atoms with Crippen molar-refractivity contribution in [2.75, 3.05) is 19.0 Å². The van der Waals surface area contributed by atoms with Crippen molar-refractivity contribution in [2.45, 2.75) is 105 Å². The van der Waals surface area contributed by atoms with Gasteiger partial charge in [0, 0.05) is 10.3 Å². The predicted molar refractivity (Wildman–Crippen MR) is 185 cm³/mol. The second-order valence-electron chi connectivity index (χ2n) is 11.5. The van der Waals surface area contributed by atoms with Gasteiger partial charge in [-0.25, -0.2) is 4.79 Å². The minimum atomic E-state index is -1.04. The fourth-order valence-corrected chi connectivity index (χ4v) is 8.58. The van der Waals surface area contributed by atoms with Gasteiger partial charge in [0.05, 0.1) is 24.5 Å². The van der Waals surface area contributed by atoms with E-state index in [0.29, 0.717) is 31.3 Å². The number of carbonyl (C=O) groups is 3. The zero-order valence-electron chi connectivity index (χ0n) is 27.3. The van der Waals surface area contributed by atoms with Crippen molar-refractivity contribution in [3.63, 3.8) is 0 Å². The van der Waals surface area contributed by atoms with Crippen molar-refractivity contribution in [1.29, 1.82) is 0 Å². The third kappa shape index (κ3) is 10.9. The Hall–Kier alpha value is -1.84. The second-order valence-corrected chi connectivity index (χ2v) is 15.3. The lowest BCUT2D eigenvalue weighted by Gasteiger charge is -2.43. The molecule has 0 bridgehead atoms. The van der Waals surface area contributed by atoms with Gasteiger partial charge in [-0.2, -0.15) is 0 Å². The summed E-state index contributed by atoms with van der Waals surface area (Å²) in [7, 11) is 0. The van der Waals surface area contributed by atoms with Crippen LogP contribution in [-0.2, 0) is 23.9 Å². The third-order valence-electron chi connectivity index (χ3n) is 9.05. The Kier molecular flexibility index (Phi) is 17.2. The number of aliphatic carboxylic acids is 1. The molecule has 0 saturated carbocycles. The van der Waals surface area contributed by atoms with Crippen LogP contribution in [0.2, 0.25) is 0 Å². The highest BCUT2D eigenvalue weighted by Crippen LogP contribution is 2.50. The van der Waals surface area contributed by atoms with E-state index in [1.54, 1.807) is 43.4 Å². The average Bonchev–Trinajstić information content (AvgIpc) is 2.99. The summed E-state index contributed by atoms with van der Waals surface area (Å²) in [6.07, 6.45) is 6.02. The highest BCUT2D eigenvalue weighted by molar-refractivity contribution is 8.47. The molecule has 1 unspecified atom stereocenters. The standard InChI is InChI=1S/C34H52O6S3/c1-9-33(10-2,32(7,8)30(37)38)24-27(23-26-19-15-14-16-20-26)29(36)40-22-18-17-21-39-28(35)25(6)34(11-3,12-4)43-31(41)42-13-5/h14-16,19-20,23,25H,9-13,17-18,21-22,24H2,1-8H3,(H,37,38)/b27-23+. The van der Waals surface area contributed by atoms with Gasteiger partial charge < -0.3 is 14.6 Å². The smallest absolute Gasteiger partial charge is 0.334 e. The van der Waals surface area contributed by atoms with Crippen LogP contribution in [0.5, 0.6) is 0 Å². The molecule has 0 aliphatic rings. The molecule has 1 aromatic carbocycles. The summed E-state index contributed by atoms with van der Waals surface area (Å²) in [4.78, 5) is 38.5. The third-order valence-corrected chi connectivity index (χ3v) is 12.3. The Balaban J connectivity index is 2.86. The van der Waals surface area contributed by atoms with E-state index in [4.69, 9.17) is 21.7 Å². The van der Waals surface area contributed by atoms with Crippen molar-refractivity contribution in [3.05, 3.63) is 41.5 Å². The van der Waals surface area contributed by atoms with Crippen LogP contribution in [0.1, 0.15) is 106 Å². The van der Waals surface area contributed by atoms with Crippen molar-refractivity contribution in [2.24, 2.45) is 16.7 Å². The van der Waals surface area contributed by atoms with Gasteiger partial charge in [0.1, 0.15) is 3.53 Å². The lowest BCUT2D eigenvalue weighted by molar-refractivity contribution is -0.157. The Labute approximate surface area is 273 Å². The van der Waals surface area contributed by atoms with Gasteiger partial charge in [0.25, 0.3) is 0 Å². The monoisotopic (exact) mass is 652 g/mol. The zero-order chi connectivity index (χ0) is 32.7. The molecule has 0 aromatic heterocycles. The second kappa shape index (κ2) is 18.8. The lowest BCUT2D eigenvalue weighted by atomic mass is 9.59. The van der Waals surface area contributed by atoms with E-state index >= 15 is 0 Å². The molecule has 0 spiro atoms. The van der Waals surface area contributed by atoms with Crippen molar-refractivity contribution in [3.8, 4) is 0 Å². The Morgan fingerprint density at radius 3 is 1.98 bits per heavy atom. The van der Waals surface area contributed by atoms with Crippen LogP contribution in [0.15, 0.2) is 35.9 Å². The summed E-state index contributed by atoms with van der Waals surface area (Å²) in [5, 5.41) is 10.0. The topological polar surface area (TPSA) is 89.9 Å². The van der Waals surface area contributed by atoms with Crippen LogP contribution in [-0.4, -0.2) is 50.3 Å². The average molecular weight is 653 g/mol. The number of unbranched alkanes of at least 4 members (excludes halogenated alkanes) is 1. The van der Waals surface area contributed by atoms with Crippen LogP contribution in [0, 0.1) is 16.7 Å². The Bertz CT molecular complexity index is 1070. The molecule has 1 aromatic rings. The molecular formula is C34H52O6S3. The number of carboxylic acid groups (broad SMARTS) is 1. The maximum Gasteiger partial charge on any atom is 0.334 e. The first-order valence-electron chi connectivity index (χ1n) is 15.5. The fraction of sp³-hybridized carbons (Fsp3) is 0.647. The molecule has 0 fully saturated rings. The summed E-state index contributed by atoms with van der Waals surface area (Å²) < 4.78 is 11.9. The first kappa shape index (κ1) is 39.2. The lowest BCUT2D eigenvalue weighted by Crippen LogP contribution is -2.44. The fourth-order valence-electron chi connectivity index (χ4n) is 5.51. The van der Waals surface area contributed by atoms with Gasteiger partial charge in [-0.3, -0.25) is 9.59 Å². The maximum absolute atomic E-state index is 13.4. The van der Waals surface area contributed by atoms with E-state index in [1.165, 1.54) is 0 Å². The van der Waals surface area contributed by atoms with E-state index in [1.807, 2.05) is 51.1 Å². The molecule has 1 rings (SSSR count). The number of carboxylic acids is 1. The van der Waals surface area contributed by atoms with Crippen molar-refractivity contribution >= 4 is 63.3 Å². The van der Waals surface area contributed by atoms with E-state index in [-0.39, 0.29) is 36.3 Å². The number of ether oxygens (including phenoxy) is 2. The number of hydrogen-bond donors (Lipinski definition) is 1. The summed E-state index contributed by atoms with van der Waals surface area (Å²) in [5.74, 6) is -0.971. The minimum absolute atomic E-state index is 0.178. The highest BCUT2D eigenvalue weighted by Gasteiger charge is 2.48. The van der Waals surface area contributed by atoms with Crippen LogP contribution in [0.3, 0.4) is 0 Å². The molecule has 1 N–H and O–H groups in total. The summed E-state index contributed by atoms with van der Waals surface area (Å²) in [6.45, 7) is 16.0. The molecular weight excluding hydrogens is 601 g/mol. The van der Waals surface area contributed by atoms with Crippen LogP contribution < -0.4 is 0 Å². The largest absolute Gasteiger partial charge is 0.481 e. The van der Waals surface area contributed by atoms with E-state index in [9.17, 15) is 19.5 Å². The Morgan fingerprint density at radius 1 is 0.930 bits per heavy atom. The quantitative estimate of drug-likeness (QED) is 0.0680. The summed E-state index contributed by atoms with van der Waals surface area (Å²) in [6, 6.07) is 9.51. The summed E-state index contributed by atoms with van der Waals surface area (Å²) >= 11 is 8.77. The molecule has 0 amide bonds. The summed E-state index contributed by atoms with van der Waals surface area (Å²) in [5.41, 5.74) is -0.366. The van der Waals surface area contributed by atoms with Gasteiger partial charge >= 0.3 is 17.9 Å². The normalized spacial score (nSPS) is 13.3. The van der Waals surface area contributed by atoms with Gasteiger partial charge in [0.15, 0.2) is 0 Å².